The van der Waals surface area contributed by atoms with Gasteiger partial charge in [-0.05, 0) is 83.1 Å². The molecule has 0 aromatic carbocycles. The van der Waals surface area contributed by atoms with Crippen LogP contribution >= 0.6 is 7.82 Å². The van der Waals surface area contributed by atoms with Crippen LogP contribution in [-0.2, 0) is 27.9 Å². The van der Waals surface area contributed by atoms with Crippen molar-refractivity contribution in [2.45, 2.75) is 380 Å². The summed E-state index contributed by atoms with van der Waals surface area (Å²) in [6.45, 7) is 7.06. The molecule has 0 aliphatic heterocycles. The van der Waals surface area contributed by atoms with E-state index in [4.69, 9.17) is 13.8 Å². The lowest BCUT2D eigenvalue weighted by atomic mass is 10.0. The minimum Gasteiger partial charge on any atom is -0.456 e. The number of esters is 1. The molecule has 0 radical (unpaired) electrons. The number of amides is 1. The third-order valence-electron chi connectivity index (χ3n) is 16.6. The van der Waals surface area contributed by atoms with Crippen molar-refractivity contribution < 1.29 is 37.3 Å². The lowest BCUT2D eigenvalue weighted by Gasteiger charge is -2.27. The van der Waals surface area contributed by atoms with E-state index in [-0.39, 0.29) is 25.1 Å². The van der Waals surface area contributed by atoms with Crippen LogP contribution in [0.2, 0.25) is 0 Å². The van der Waals surface area contributed by atoms with Gasteiger partial charge >= 0.3 is 13.8 Å². The van der Waals surface area contributed by atoms with E-state index in [2.05, 4.69) is 50.4 Å². The zero-order valence-corrected chi connectivity index (χ0v) is 57.1. The molecule has 3 atom stereocenters. The van der Waals surface area contributed by atoms with Gasteiger partial charge in [0, 0.05) is 12.8 Å². The maximum absolute atomic E-state index is 13.6. The molecule has 0 fully saturated rings. The Morgan fingerprint density at radius 2 is 0.699 bits per heavy atom. The molecule has 0 aromatic heterocycles. The first-order valence-corrected chi connectivity index (χ1v) is 37.8. The van der Waals surface area contributed by atoms with E-state index in [1.807, 2.05) is 33.3 Å². The van der Waals surface area contributed by atoms with Crippen LogP contribution in [0.15, 0.2) is 36.5 Å². The highest BCUT2D eigenvalue weighted by molar-refractivity contribution is 7.47. The van der Waals surface area contributed by atoms with Gasteiger partial charge in [-0.15, -0.1) is 0 Å². The first-order valence-electron chi connectivity index (χ1n) is 36.3. The Morgan fingerprint density at radius 3 is 1.02 bits per heavy atom. The number of rotatable bonds is 67. The van der Waals surface area contributed by atoms with Crippen LogP contribution in [0.3, 0.4) is 0 Å². The second kappa shape index (κ2) is 63.3. The number of nitrogens with one attached hydrogen (secondary N) is 1. The Bertz CT molecular complexity index is 1510. The highest BCUT2D eigenvalue weighted by Gasteiger charge is 2.30. The molecule has 83 heavy (non-hydrogen) atoms. The molecule has 0 spiro atoms. The molecular formula is C73H142N2O7P+. The van der Waals surface area contributed by atoms with Gasteiger partial charge in [-0.2, -0.15) is 0 Å². The van der Waals surface area contributed by atoms with Crippen molar-refractivity contribution in [2.75, 3.05) is 40.9 Å². The van der Waals surface area contributed by atoms with Crippen molar-refractivity contribution in [1.29, 1.82) is 0 Å². The Kier molecular flexibility index (Phi) is 61.9. The van der Waals surface area contributed by atoms with Crippen molar-refractivity contribution in [2.24, 2.45) is 0 Å². The van der Waals surface area contributed by atoms with E-state index in [0.29, 0.717) is 23.9 Å². The summed E-state index contributed by atoms with van der Waals surface area (Å²) in [6, 6.07) is -0.846. The summed E-state index contributed by atoms with van der Waals surface area (Å²) in [5.74, 6) is -0.487. The molecule has 0 saturated carbocycles. The van der Waals surface area contributed by atoms with Crippen LogP contribution < -0.4 is 5.32 Å². The van der Waals surface area contributed by atoms with Gasteiger partial charge in [-0.3, -0.25) is 18.6 Å². The second-order valence-corrected chi connectivity index (χ2v) is 27.6. The number of ether oxygens (including phenoxy) is 1. The third-order valence-corrected chi connectivity index (χ3v) is 17.5. The van der Waals surface area contributed by atoms with Gasteiger partial charge in [0.2, 0.25) is 5.91 Å². The molecule has 3 unspecified atom stereocenters. The largest absolute Gasteiger partial charge is 0.472 e. The first-order chi connectivity index (χ1) is 40.4. The Morgan fingerprint density at radius 1 is 0.410 bits per heavy atom. The summed E-state index contributed by atoms with van der Waals surface area (Å²) >= 11 is 0. The monoisotopic (exact) mass is 1190 g/mol. The average molecular weight is 1190 g/mol. The molecule has 0 aliphatic carbocycles. The van der Waals surface area contributed by atoms with E-state index < -0.39 is 20.0 Å². The summed E-state index contributed by atoms with van der Waals surface area (Å²) in [6.07, 6.45) is 78.8. The number of quaternary nitrogens is 1. The van der Waals surface area contributed by atoms with Gasteiger partial charge in [0.25, 0.3) is 0 Å². The lowest BCUT2D eigenvalue weighted by Crippen LogP contribution is -2.47. The molecule has 0 aromatic rings. The number of phosphoric acid groups is 1. The minimum absolute atomic E-state index is 0.0428. The number of hydrogen-bond donors (Lipinski definition) is 2. The third kappa shape index (κ3) is 64.5. The van der Waals surface area contributed by atoms with Crippen LogP contribution in [0, 0.1) is 0 Å². The highest BCUT2D eigenvalue weighted by atomic mass is 31.2. The number of nitrogens with zero attached hydrogens (tertiary/aromatic N) is 1. The van der Waals surface area contributed by atoms with Crippen molar-refractivity contribution >= 4 is 19.7 Å². The predicted molar refractivity (Wildman–Crippen MR) is 360 cm³/mol. The lowest BCUT2D eigenvalue weighted by molar-refractivity contribution is -0.870. The van der Waals surface area contributed by atoms with Gasteiger partial charge in [0.1, 0.15) is 19.3 Å². The summed E-state index contributed by atoms with van der Waals surface area (Å²) < 4.78 is 30.8. The summed E-state index contributed by atoms with van der Waals surface area (Å²) in [5, 5.41) is 3.08. The SMILES string of the molecule is CCCCCCCC/C=C/CCCCCCCCCCCCCCCCCC(=O)NC(COP(=O)(O)OCC[N+](C)(C)C)C(/C=C\CCCCCCCCCCC)OC(=O)CCCCCCCCCCCCC/C=C/CCCCCCCC. The number of allylic oxidation sites excluding steroid dienone is 5. The maximum Gasteiger partial charge on any atom is 0.472 e. The number of phosphoric ester groups is 1. The maximum atomic E-state index is 13.6. The summed E-state index contributed by atoms with van der Waals surface area (Å²) in [5.41, 5.74) is 0. The second-order valence-electron chi connectivity index (χ2n) is 26.1. The van der Waals surface area contributed by atoms with Gasteiger partial charge in [-0.25, -0.2) is 4.57 Å². The smallest absolute Gasteiger partial charge is 0.456 e. The molecule has 10 heteroatoms. The van der Waals surface area contributed by atoms with E-state index >= 15 is 0 Å². The highest BCUT2D eigenvalue weighted by Crippen LogP contribution is 2.43. The Labute approximate surface area is 516 Å². The zero-order chi connectivity index (χ0) is 60.7. The van der Waals surface area contributed by atoms with E-state index in [0.717, 1.165) is 57.8 Å². The molecule has 0 heterocycles. The molecule has 0 saturated heterocycles. The molecular weight excluding hydrogens is 1050 g/mol. The Hall–Kier alpha value is -1.77. The van der Waals surface area contributed by atoms with E-state index in [1.54, 1.807) is 0 Å². The molecule has 1 amide bonds. The fourth-order valence-electron chi connectivity index (χ4n) is 10.9. The van der Waals surface area contributed by atoms with Crippen LogP contribution in [0.1, 0.15) is 367 Å². The molecule has 2 N–H and O–H groups in total. The van der Waals surface area contributed by atoms with Crippen LogP contribution in [-0.4, -0.2) is 74.3 Å². The molecule has 0 bridgehead atoms. The fourth-order valence-corrected chi connectivity index (χ4v) is 11.7. The summed E-state index contributed by atoms with van der Waals surface area (Å²) in [4.78, 5) is 37.9. The van der Waals surface area contributed by atoms with E-state index in [1.165, 1.54) is 276 Å². The van der Waals surface area contributed by atoms with Crippen LogP contribution in [0.25, 0.3) is 0 Å². The number of unbranched alkanes of at least 4 members (excludes halogenated alkanes) is 47. The minimum atomic E-state index is -4.45. The number of carbonyl (C=O) groups excluding carboxylic acids is 2. The standard InChI is InChI=1S/C73H141N2O7P/c1-7-10-13-16-19-22-25-27-29-31-33-35-36-37-38-40-41-43-45-47-50-53-56-59-62-65-72(76)74-70(69-81-83(78,79)80-68-67-75(4,5)6)71(64-61-58-55-52-49-24-21-18-15-12-9-3)82-73(77)66-63-60-57-54-51-48-46-44-42-39-34-32-30-28-26-23-20-17-14-11-8-2/h27-30,61,64,70-71H,7-26,31-60,62-63,65-69H2,1-6H3,(H-,74,76,78,79)/p+1/b29-27+,30-28+,64-61-. The van der Waals surface area contributed by atoms with Crippen LogP contribution in [0.4, 0.5) is 0 Å². The average Bonchev–Trinajstić information content (AvgIpc) is 3.51. The Balaban J connectivity index is 4.97. The van der Waals surface area contributed by atoms with Crippen LogP contribution in [0.5, 0.6) is 0 Å². The van der Waals surface area contributed by atoms with E-state index in [9.17, 15) is 19.0 Å². The molecule has 0 aliphatic rings. The topological polar surface area (TPSA) is 111 Å². The fraction of sp³-hybridized carbons (Fsp3) is 0.890. The predicted octanol–water partition coefficient (Wildman–Crippen LogP) is 23.0. The first kappa shape index (κ1) is 81.2. The van der Waals surface area contributed by atoms with Gasteiger partial charge in [-0.1, -0.05) is 308 Å². The summed E-state index contributed by atoms with van der Waals surface area (Å²) in [7, 11) is 1.51. The molecule has 490 valence electrons. The molecule has 9 nitrogen and oxygen atoms in total. The number of carbonyl (C=O) groups is 2. The van der Waals surface area contributed by atoms with Gasteiger partial charge < -0.3 is 19.4 Å². The number of likely N-dealkylation sites (N-methyl/N-ethyl adjacent to an activating group) is 1. The van der Waals surface area contributed by atoms with Gasteiger partial charge in [0.15, 0.2) is 0 Å². The van der Waals surface area contributed by atoms with Crippen molar-refractivity contribution in [3.63, 3.8) is 0 Å². The molecule has 0 rings (SSSR count). The zero-order valence-electron chi connectivity index (χ0n) is 56.2. The van der Waals surface area contributed by atoms with Crippen molar-refractivity contribution in [3.8, 4) is 0 Å². The normalized spacial score (nSPS) is 13.7. The number of hydrogen-bond acceptors (Lipinski definition) is 6. The van der Waals surface area contributed by atoms with Crippen molar-refractivity contribution in [1.82, 2.24) is 5.32 Å². The quantitative estimate of drug-likeness (QED) is 0.0205. The van der Waals surface area contributed by atoms with Gasteiger partial charge in [0.05, 0.1) is 33.8 Å². The van der Waals surface area contributed by atoms with Crippen molar-refractivity contribution in [3.05, 3.63) is 36.5 Å².